The average Bonchev–Trinajstić information content (AvgIpc) is 2.62. The molecule has 3 rings (SSSR count). The van der Waals surface area contributed by atoms with Gasteiger partial charge in [-0.05, 0) is 49.6 Å². The van der Waals surface area contributed by atoms with Gasteiger partial charge in [-0.25, -0.2) is 0 Å². The van der Waals surface area contributed by atoms with Gasteiger partial charge in [0.1, 0.15) is 11.5 Å². The second kappa shape index (κ2) is 7.43. The molecule has 0 aliphatic rings. The minimum absolute atomic E-state index is 0.0114. The number of benzene rings is 2. The molecule has 0 atom stereocenters. The minimum atomic E-state index is 0.0114. The third kappa shape index (κ3) is 3.38. The number of H-pyrrole nitrogens is 1. The Kier molecular flexibility index (Phi) is 5.08. The van der Waals surface area contributed by atoms with Crippen molar-refractivity contribution in [1.29, 1.82) is 0 Å². The predicted molar refractivity (Wildman–Crippen MR) is 102 cm³/mol. The summed E-state index contributed by atoms with van der Waals surface area (Å²) in [5.41, 5.74) is 3.22. The lowest BCUT2D eigenvalue weighted by Crippen LogP contribution is -2.09. The molecule has 1 N–H and O–H groups in total. The van der Waals surface area contributed by atoms with Crippen LogP contribution < -0.4 is 14.9 Å². The van der Waals surface area contributed by atoms with Gasteiger partial charge < -0.3 is 14.5 Å². The van der Waals surface area contributed by atoms with E-state index in [0.717, 1.165) is 34.6 Å². The van der Waals surface area contributed by atoms with Crippen LogP contribution in [0.3, 0.4) is 0 Å². The van der Waals surface area contributed by atoms with Crippen molar-refractivity contribution in [2.45, 2.75) is 27.2 Å². The summed E-state index contributed by atoms with van der Waals surface area (Å²) in [6, 6.07) is 11.4. The Labute approximate surface area is 147 Å². The van der Waals surface area contributed by atoms with Gasteiger partial charge in [0, 0.05) is 11.8 Å². The Bertz CT molecular complexity index is 926. The number of aromatic nitrogens is 1. The molecule has 1 heterocycles. The fourth-order valence-electron chi connectivity index (χ4n) is 2.91. The first-order chi connectivity index (χ1) is 12.2. The number of fused-ring (bicyclic) bond motifs is 1. The van der Waals surface area contributed by atoms with Crippen molar-refractivity contribution in [3.63, 3.8) is 0 Å². The molecule has 4 nitrogen and oxygen atoms in total. The van der Waals surface area contributed by atoms with Crippen LogP contribution in [0.25, 0.3) is 22.0 Å². The van der Waals surface area contributed by atoms with Crippen LogP contribution in [0.5, 0.6) is 11.5 Å². The highest BCUT2D eigenvalue weighted by Gasteiger charge is 2.13. The fraction of sp³-hybridized carbons (Fsp3) is 0.286. The number of pyridine rings is 1. The molecule has 0 radical (unpaired) electrons. The molecule has 0 aliphatic carbocycles. The van der Waals surface area contributed by atoms with Crippen molar-refractivity contribution in [2.75, 3.05) is 13.2 Å². The summed E-state index contributed by atoms with van der Waals surface area (Å²) in [6.07, 6.45) is 2.68. The Morgan fingerprint density at radius 2 is 1.76 bits per heavy atom. The number of hydrogen-bond acceptors (Lipinski definition) is 3. The molecule has 0 bridgehead atoms. The van der Waals surface area contributed by atoms with E-state index in [-0.39, 0.29) is 5.43 Å². The van der Waals surface area contributed by atoms with Crippen molar-refractivity contribution in [3.8, 4) is 22.6 Å². The van der Waals surface area contributed by atoms with Crippen LogP contribution in [0.2, 0.25) is 0 Å². The molecule has 0 spiro atoms. The van der Waals surface area contributed by atoms with E-state index in [1.807, 2.05) is 50.2 Å². The first-order valence-electron chi connectivity index (χ1n) is 8.66. The van der Waals surface area contributed by atoms with Gasteiger partial charge in [-0.2, -0.15) is 0 Å². The second-order valence-corrected chi connectivity index (χ2v) is 5.97. The first kappa shape index (κ1) is 17.1. The molecular weight excluding hydrogens is 314 g/mol. The zero-order chi connectivity index (χ0) is 17.8. The molecule has 0 saturated carbocycles. The van der Waals surface area contributed by atoms with Gasteiger partial charge in [0.15, 0.2) is 5.43 Å². The number of ether oxygens (including phenoxy) is 2. The van der Waals surface area contributed by atoms with E-state index in [0.29, 0.717) is 24.2 Å². The van der Waals surface area contributed by atoms with Crippen LogP contribution in [0, 0.1) is 6.92 Å². The molecular formula is C21H23NO3. The predicted octanol–water partition coefficient (Wildman–Crippen LogP) is 4.69. The fourth-order valence-corrected chi connectivity index (χ4v) is 2.91. The van der Waals surface area contributed by atoms with Crippen LogP contribution in [-0.4, -0.2) is 18.2 Å². The normalized spacial score (nSPS) is 10.8. The molecule has 2 aromatic carbocycles. The largest absolute Gasteiger partial charge is 0.494 e. The smallest absolute Gasteiger partial charge is 0.197 e. The monoisotopic (exact) mass is 337 g/mol. The molecule has 130 valence electrons. The van der Waals surface area contributed by atoms with E-state index in [1.165, 1.54) is 0 Å². The standard InChI is InChI=1S/C21H23NO3/c1-4-12-25-18-11-6-14(3)19-20(18)22-13-17(21(19)23)15-7-9-16(10-8-15)24-5-2/h6-11,13H,4-5,12H2,1-3H3,(H,22,23). The van der Waals surface area contributed by atoms with Crippen LogP contribution in [0.15, 0.2) is 47.4 Å². The third-order valence-electron chi connectivity index (χ3n) is 4.15. The molecule has 25 heavy (non-hydrogen) atoms. The molecule has 0 unspecified atom stereocenters. The number of aryl methyl sites for hydroxylation is 1. The van der Waals surface area contributed by atoms with Crippen LogP contribution in [-0.2, 0) is 0 Å². The molecule has 0 saturated heterocycles. The van der Waals surface area contributed by atoms with E-state index < -0.39 is 0 Å². The summed E-state index contributed by atoms with van der Waals surface area (Å²) in [5.74, 6) is 1.52. The number of nitrogens with one attached hydrogen (secondary N) is 1. The number of aromatic amines is 1. The maximum atomic E-state index is 13.1. The number of rotatable bonds is 6. The topological polar surface area (TPSA) is 51.3 Å². The average molecular weight is 337 g/mol. The van der Waals surface area contributed by atoms with Crippen LogP contribution in [0.4, 0.5) is 0 Å². The lowest BCUT2D eigenvalue weighted by molar-refractivity contribution is 0.320. The van der Waals surface area contributed by atoms with Crippen LogP contribution in [0.1, 0.15) is 25.8 Å². The van der Waals surface area contributed by atoms with E-state index in [9.17, 15) is 4.79 Å². The highest BCUT2D eigenvalue weighted by atomic mass is 16.5. The quantitative estimate of drug-likeness (QED) is 0.710. The van der Waals surface area contributed by atoms with E-state index >= 15 is 0 Å². The van der Waals surface area contributed by atoms with Crippen molar-refractivity contribution in [2.24, 2.45) is 0 Å². The summed E-state index contributed by atoms with van der Waals surface area (Å²) in [4.78, 5) is 16.3. The Morgan fingerprint density at radius 1 is 1.00 bits per heavy atom. The molecule has 1 aromatic heterocycles. The van der Waals surface area contributed by atoms with Gasteiger partial charge in [-0.15, -0.1) is 0 Å². The summed E-state index contributed by atoms with van der Waals surface area (Å²) < 4.78 is 11.2. The molecule has 0 amide bonds. The van der Waals surface area contributed by atoms with E-state index in [4.69, 9.17) is 9.47 Å². The van der Waals surface area contributed by atoms with Gasteiger partial charge in [-0.1, -0.05) is 25.1 Å². The lowest BCUT2D eigenvalue weighted by Gasteiger charge is -2.11. The van der Waals surface area contributed by atoms with Gasteiger partial charge >= 0.3 is 0 Å². The van der Waals surface area contributed by atoms with Crippen molar-refractivity contribution >= 4 is 10.9 Å². The van der Waals surface area contributed by atoms with Crippen molar-refractivity contribution in [3.05, 3.63) is 58.4 Å². The van der Waals surface area contributed by atoms with E-state index in [2.05, 4.69) is 11.9 Å². The maximum absolute atomic E-state index is 13.1. The lowest BCUT2D eigenvalue weighted by atomic mass is 10.0. The Morgan fingerprint density at radius 3 is 2.44 bits per heavy atom. The number of hydrogen-bond donors (Lipinski definition) is 1. The zero-order valence-corrected chi connectivity index (χ0v) is 14.9. The molecule has 0 fully saturated rings. The van der Waals surface area contributed by atoms with Crippen LogP contribution >= 0.6 is 0 Å². The van der Waals surface area contributed by atoms with Crippen molar-refractivity contribution < 1.29 is 9.47 Å². The summed E-state index contributed by atoms with van der Waals surface area (Å²) in [7, 11) is 0. The van der Waals surface area contributed by atoms with Gasteiger partial charge in [0.25, 0.3) is 0 Å². The summed E-state index contributed by atoms with van der Waals surface area (Å²) in [6.45, 7) is 7.20. The molecule has 4 heteroatoms. The zero-order valence-electron chi connectivity index (χ0n) is 14.9. The summed E-state index contributed by atoms with van der Waals surface area (Å²) in [5, 5.41) is 0.681. The maximum Gasteiger partial charge on any atom is 0.197 e. The molecule has 0 aliphatic heterocycles. The Balaban J connectivity index is 2.10. The van der Waals surface area contributed by atoms with Crippen molar-refractivity contribution in [1.82, 2.24) is 4.98 Å². The first-order valence-corrected chi connectivity index (χ1v) is 8.66. The van der Waals surface area contributed by atoms with E-state index in [1.54, 1.807) is 6.20 Å². The highest BCUT2D eigenvalue weighted by molar-refractivity contribution is 5.90. The van der Waals surface area contributed by atoms with Gasteiger partial charge in [0.2, 0.25) is 0 Å². The minimum Gasteiger partial charge on any atom is -0.494 e. The van der Waals surface area contributed by atoms with Gasteiger partial charge in [0.05, 0.1) is 24.1 Å². The Hall–Kier alpha value is -2.75. The SMILES string of the molecule is CCCOc1ccc(C)c2c(=O)c(-c3ccc(OCC)cc3)c[nH]c12. The summed E-state index contributed by atoms with van der Waals surface area (Å²) >= 11 is 0. The highest BCUT2D eigenvalue weighted by Crippen LogP contribution is 2.27. The van der Waals surface area contributed by atoms with Gasteiger partial charge in [-0.3, -0.25) is 4.79 Å². The third-order valence-corrected chi connectivity index (χ3v) is 4.15. The molecule has 3 aromatic rings. The second-order valence-electron chi connectivity index (χ2n) is 5.97.